The summed E-state index contributed by atoms with van der Waals surface area (Å²) in [6.07, 6.45) is 8.78. The Morgan fingerprint density at radius 1 is 1.17 bits per heavy atom. The first-order valence-electron chi connectivity index (χ1n) is 11.0. The van der Waals surface area contributed by atoms with E-state index in [-0.39, 0.29) is 41.2 Å². The van der Waals surface area contributed by atoms with Gasteiger partial charge in [-0.05, 0) is 45.4 Å². The largest absolute Gasteiger partial charge is 0.378 e. The SMILES string of the molecule is CCCS(=O)(=O)N1CCC(NC(=NC)NC2CC(OCC)C23CCCC3)CC1.I. The maximum atomic E-state index is 12.2. The molecule has 0 bridgehead atoms. The third-order valence-corrected chi connectivity index (χ3v) is 8.95. The van der Waals surface area contributed by atoms with Gasteiger partial charge in [-0.1, -0.05) is 19.8 Å². The summed E-state index contributed by atoms with van der Waals surface area (Å²) in [7, 11) is -1.27. The number of ether oxygens (including phenoxy) is 1. The van der Waals surface area contributed by atoms with Gasteiger partial charge in [-0.25, -0.2) is 12.7 Å². The lowest BCUT2D eigenvalue weighted by Gasteiger charge is -2.54. The van der Waals surface area contributed by atoms with Gasteiger partial charge in [-0.2, -0.15) is 0 Å². The van der Waals surface area contributed by atoms with Gasteiger partial charge in [0.05, 0.1) is 11.9 Å². The zero-order valence-electron chi connectivity index (χ0n) is 18.2. The molecule has 9 heteroatoms. The van der Waals surface area contributed by atoms with Gasteiger partial charge in [0, 0.05) is 44.2 Å². The van der Waals surface area contributed by atoms with Crippen LogP contribution < -0.4 is 10.6 Å². The summed E-state index contributed by atoms with van der Waals surface area (Å²) in [4.78, 5) is 4.45. The van der Waals surface area contributed by atoms with Crippen LogP contribution in [0.4, 0.5) is 0 Å². The fraction of sp³-hybridized carbons (Fsp3) is 0.950. The van der Waals surface area contributed by atoms with Crippen LogP contribution in [0.3, 0.4) is 0 Å². The first-order chi connectivity index (χ1) is 13.4. The van der Waals surface area contributed by atoms with E-state index >= 15 is 0 Å². The molecule has 1 saturated heterocycles. The molecule has 0 amide bonds. The Hall–Kier alpha value is -0.130. The second-order valence-electron chi connectivity index (χ2n) is 8.52. The quantitative estimate of drug-likeness (QED) is 0.294. The summed E-state index contributed by atoms with van der Waals surface area (Å²) >= 11 is 0. The lowest BCUT2D eigenvalue weighted by Crippen LogP contribution is -2.65. The molecule has 170 valence electrons. The van der Waals surface area contributed by atoms with Crippen LogP contribution in [0.25, 0.3) is 0 Å². The molecule has 1 heterocycles. The standard InChI is InChI=1S/C20H38N4O3S.HI/c1-4-14-28(25,26)24-12-8-16(9-13-24)22-19(21-3)23-17-15-18(27-5-2)20(17)10-6-7-11-20;/h16-18H,4-15H2,1-3H3,(H2,21,22,23);1H. The van der Waals surface area contributed by atoms with Gasteiger partial charge >= 0.3 is 0 Å². The van der Waals surface area contributed by atoms with Gasteiger partial charge in [-0.15, -0.1) is 24.0 Å². The minimum atomic E-state index is -3.09. The number of guanidine groups is 1. The number of nitrogens with one attached hydrogen (secondary N) is 2. The van der Waals surface area contributed by atoms with Gasteiger partial charge < -0.3 is 15.4 Å². The minimum Gasteiger partial charge on any atom is -0.378 e. The predicted octanol–water partition coefficient (Wildman–Crippen LogP) is 2.71. The lowest BCUT2D eigenvalue weighted by molar-refractivity contribution is -0.125. The van der Waals surface area contributed by atoms with Crippen molar-refractivity contribution < 1.29 is 13.2 Å². The van der Waals surface area contributed by atoms with E-state index < -0.39 is 10.0 Å². The number of hydrogen-bond donors (Lipinski definition) is 2. The smallest absolute Gasteiger partial charge is 0.214 e. The molecule has 2 atom stereocenters. The van der Waals surface area contributed by atoms with E-state index in [0.717, 1.165) is 31.8 Å². The van der Waals surface area contributed by atoms with Crippen LogP contribution in [0.5, 0.6) is 0 Å². The molecule has 7 nitrogen and oxygen atoms in total. The Balaban J connectivity index is 0.00000300. The zero-order chi connectivity index (χ0) is 20.2. The molecule has 2 aliphatic carbocycles. The number of sulfonamides is 1. The van der Waals surface area contributed by atoms with Crippen molar-refractivity contribution in [3.8, 4) is 0 Å². The van der Waals surface area contributed by atoms with E-state index in [2.05, 4.69) is 22.5 Å². The number of rotatable bonds is 7. The summed E-state index contributed by atoms with van der Waals surface area (Å²) < 4.78 is 32.2. The van der Waals surface area contributed by atoms with Crippen molar-refractivity contribution in [1.82, 2.24) is 14.9 Å². The number of aliphatic imine (C=N–C) groups is 1. The van der Waals surface area contributed by atoms with E-state index in [9.17, 15) is 8.42 Å². The zero-order valence-corrected chi connectivity index (χ0v) is 21.3. The molecular formula is C20H39IN4O3S. The molecule has 0 radical (unpaired) electrons. The van der Waals surface area contributed by atoms with Crippen LogP contribution in [0.1, 0.15) is 65.2 Å². The summed E-state index contributed by atoms with van der Waals surface area (Å²) in [6.45, 7) is 5.96. The van der Waals surface area contributed by atoms with Crippen molar-refractivity contribution in [3.05, 3.63) is 0 Å². The molecule has 29 heavy (non-hydrogen) atoms. The van der Waals surface area contributed by atoms with E-state index in [1.54, 1.807) is 4.31 Å². The van der Waals surface area contributed by atoms with Crippen molar-refractivity contribution in [2.24, 2.45) is 10.4 Å². The minimum absolute atomic E-state index is 0. The number of nitrogens with zero attached hydrogens (tertiary/aromatic N) is 2. The van der Waals surface area contributed by atoms with Crippen molar-refractivity contribution in [1.29, 1.82) is 0 Å². The molecule has 3 aliphatic rings. The van der Waals surface area contributed by atoms with E-state index in [1.807, 2.05) is 14.0 Å². The molecule has 0 aromatic heterocycles. The summed E-state index contributed by atoms with van der Waals surface area (Å²) in [5.74, 6) is 1.10. The third-order valence-electron chi connectivity index (χ3n) is 6.87. The Kier molecular flexibility index (Phi) is 9.49. The van der Waals surface area contributed by atoms with Crippen molar-refractivity contribution in [3.63, 3.8) is 0 Å². The molecule has 1 spiro atoms. The molecule has 3 rings (SSSR count). The van der Waals surface area contributed by atoms with E-state index in [4.69, 9.17) is 4.74 Å². The third kappa shape index (κ3) is 5.57. The molecule has 3 fully saturated rings. The van der Waals surface area contributed by atoms with Gasteiger partial charge in [0.1, 0.15) is 0 Å². The van der Waals surface area contributed by atoms with Gasteiger partial charge in [0.2, 0.25) is 10.0 Å². The topological polar surface area (TPSA) is 83.0 Å². The monoisotopic (exact) mass is 542 g/mol. The molecule has 1 aliphatic heterocycles. The summed E-state index contributed by atoms with van der Waals surface area (Å²) in [5, 5.41) is 7.20. The number of hydrogen-bond acceptors (Lipinski definition) is 4. The maximum Gasteiger partial charge on any atom is 0.214 e. The first-order valence-corrected chi connectivity index (χ1v) is 12.7. The Labute approximate surface area is 193 Å². The van der Waals surface area contributed by atoms with Crippen molar-refractivity contribution in [2.75, 3.05) is 32.5 Å². The highest BCUT2D eigenvalue weighted by Crippen LogP contribution is 2.54. The maximum absolute atomic E-state index is 12.2. The fourth-order valence-corrected chi connectivity index (χ4v) is 6.82. The Bertz CT molecular complexity index is 644. The molecular weight excluding hydrogens is 503 g/mol. The molecule has 2 unspecified atom stereocenters. The lowest BCUT2D eigenvalue weighted by atomic mass is 9.60. The first kappa shape index (κ1) is 25.1. The second-order valence-corrected chi connectivity index (χ2v) is 10.6. The summed E-state index contributed by atoms with van der Waals surface area (Å²) in [6, 6.07) is 0.685. The average Bonchev–Trinajstić information content (AvgIpc) is 3.20. The van der Waals surface area contributed by atoms with E-state index in [0.29, 0.717) is 31.7 Å². The van der Waals surface area contributed by atoms with E-state index in [1.165, 1.54) is 25.7 Å². The van der Waals surface area contributed by atoms with Crippen molar-refractivity contribution >= 4 is 40.0 Å². The molecule has 0 aromatic rings. The van der Waals surface area contributed by atoms with Crippen molar-refractivity contribution in [2.45, 2.75) is 83.4 Å². The normalized spacial score (nSPS) is 28.0. The molecule has 0 aromatic carbocycles. The summed E-state index contributed by atoms with van der Waals surface area (Å²) in [5.41, 5.74) is 0.269. The molecule has 2 saturated carbocycles. The number of halogens is 1. The van der Waals surface area contributed by atoms with Crippen LogP contribution in [-0.2, 0) is 14.8 Å². The Morgan fingerprint density at radius 2 is 1.83 bits per heavy atom. The van der Waals surface area contributed by atoms with Crippen LogP contribution in [-0.4, -0.2) is 69.4 Å². The highest BCUT2D eigenvalue weighted by Gasteiger charge is 2.57. The predicted molar refractivity (Wildman–Crippen MR) is 128 cm³/mol. The highest BCUT2D eigenvalue weighted by atomic mass is 127. The average molecular weight is 543 g/mol. The van der Waals surface area contributed by atoms with Crippen LogP contribution in [0.2, 0.25) is 0 Å². The second kappa shape index (κ2) is 10.9. The Morgan fingerprint density at radius 3 is 2.38 bits per heavy atom. The molecule has 2 N–H and O–H groups in total. The van der Waals surface area contributed by atoms with Gasteiger partial charge in [0.15, 0.2) is 5.96 Å². The fourth-order valence-electron chi connectivity index (χ4n) is 5.28. The highest BCUT2D eigenvalue weighted by molar-refractivity contribution is 14.0. The van der Waals surface area contributed by atoms with Gasteiger partial charge in [-0.3, -0.25) is 4.99 Å². The van der Waals surface area contributed by atoms with Crippen LogP contribution in [0, 0.1) is 5.41 Å². The van der Waals surface area contributed by atoms with Crippen LogP contribution >= 0.6 is 24.0 Å². The van der Waals surface area contributed by atoms with Gasteiger partial charge in [0.25, 0.3) is 0 Å². The number of piperidine rings is 1. The van der Waals surface area contributed by atoms with Crippen LogP contribution in [0.15, 0.2) is 4.99 Å².